The number of aryl methyl sites for hydroxylation is 3. The average molecular weight is 421 g/mol. The fourth-order valence-electron chi connectivity index (χ4n) is 3.43. The van der Waals surface area contributed by atoms with E-state index in [-0.39, 0.29) is 23.2 Å². The quantitative estimate of drug-likeness (QED) is 0.363. The lowest BCUT2D eigenvalue weighted by atomic mass is 10.1. The monoisotopic (exact) mass is 421 g/mol. The highest BCUT2D eigenvalue weighted by atomic mass is 19.1. The first kappa shape index (κ1) is 20.4. The molecule has 3 heterocycles. The van der Waals surface area contributed by atoms with Crippen molar-refractivity contribution in [2.24, 2.45) is 0 Å². The number of esters is 1. The molecule has 0 aliphatic rings. The minimum Gasteiger partial charge on any atom is -0.451 e. The van der Waals surface area contributed by atoms with Crippen molar-refractivity contribution in [2.45, 2.75) is 27.7 Å². The number of ketones is 1. The van der Waals surface area contributed by atoms with Gasteiger partial charge in [0.1, 0.15) is 5.82 Å². The van der Waals surface area contributed by atoms with E-state index < -0.39 is 12.6 Å². The summed E-state index contributed by atoms with van der Waals surface area (Å²) in [6.07, 6.45) is 1.56. The highest BCUT2D eigenvalue weighted by molar-refractivity contribution is 6.00. The summed E-state index contributed by atoms with van der Waals surface area (Å²) in [6.45, 7) is 6.61. The first-order valence-electron chi connectivity index (χ1n) is 9.60. The van der Waals surface area contributed by atoms with Crippen LogP contribution in [0.2, 0.25) is 0 Å². The molecule has 3 aromatic heterocycles. The van der Waals surface area contributed by atoms with E-state index in [1.165, 1.54) is 10.6 Å². The van der Waals surface area contributed by atoms with Crippen molar-refractivity contribution in [1.29, 1.82) is 0 Å². The summed E-state index contributed by atoms with van der Waals surface area (Å²) in [5, 5.41) is 4.07. The van der Waals surface area contributed by atoms with Gasteiger partial charge in [0.15, 0.2) is 6.61 Å². The lowest BCUT2D eigenvalue weighted by molar-refractivity contribution is 0.0462. The van der Waals surface area contributed by atoms with Crippen molar-refractivity contribution in [3.8, 4) is 5.69 Å². The van der Waals surface area contributed by atoms with E-state index in [1.807, 2.05) is 6.92 Å². The van der Waals surface area contributed by atoms with E-state index in [4.69, 9.17) is 4.74 Å². The van der Waals surface area contributed by atoms with E-state index >= 15 is 0 Å². The fraction of sp³-hybridized carbons (Fsp3) is 0.227. The van der Waals surface area contributed by atoms with Gasteiger partial charge in [-0.15, -0.1) is 5.10 Å². The van der Waals surface area contributed by atoms with Gasteiger partial charge in [-0.3, -0.25) is 4.79 Å². The number of benzene rings is 1. The minimum absolute atomic E-state index is 0.171. The Hall–Kier alpha value is -3.88. The normalized spacial score (nSPS) is 11.1. The van der Waals surface area contributed by atoms with Crippen molar-refractivity contribution in [1.82, 2.24) is 24.1 Å². The molecule has 4 aromatic rings. The molecule has 0 saturated carbocycles. The van der Waals surface area contributed by atoms with E-state index in [0.29, 0.717) is 22.5 Å². The van der Waals surface area contributed by atoms with Gasteiger partial charge in [-0.05, 0) is 57.5 Å². The maximum Gasteiger partial charge on any atom is 0.378 e. The summed E-state index contributed by atoms with van der Waals surface area (Å²) < 4.78 is 22.4. The van der Waals surface area contributed by atoms with Gasteiger partial charge in [0.2, 0.25) is 5.78 Å². The van der Waals surface area contributed by atoms with Crippen LogP contribution in [0.1, 0.15) is 43.6 Å². The molecule has 0 N–H and O–H groups in total. The second-order valence-corrected chi connectivity index (χ2v) is 7.29. The largest absolute Gasteiger partial charge is 0.451 e. The van der Waals surface area contributed by atoms with Crippen molar-refractivity contribution < 1.29 is 18.7 Å². The van der Waals surface area contributed by atoms with Crippen LogP contribution < -0.4 is 0 Å². The SMILES string of the molecule is Cc1ccc(-n2c(C)cc(C(=O)COC(=O)c3nc4nccc(C)n4n3)c2C)cc1F. The Morgan fingerprint density at radius 1 is 1.06 bits per heavy atom. The average Bonchev–Trinajstić information content (AvgIpc) is 3.30. The lowest BCUT2D eigenvalue weighted by Crippen LogP contribution is -2.16. The number of hydrogen-bond acceptors (Lipinski definition) is 6. The second kappa shape index (κ2) is 7.75. The zero-order valence-corrected chi connectivity index (χ0v) is 17.5. The Kier molecular flexibility index (Phi) is 5.10. The molecule has 0 radical (unpaired) electrons. The van der Waals surface area contributed by atoms with Crippen molar-refractivity contribution in [3.63, 3.8) is 0 Å². The Morgan fingerprint density at radius 2 is 1.84 bits per heavy atom. The summed E-state index contributed by atoms with van der Waals surface area (Å²) in [4.78, 5) is 33.1. The number of carbonyl (C=O) groups excluding carboxylic acids is 2. The summed E-state index contributed by atoms with van der Waals surface area (Å²) in [5.74, 6) is -1.41. The molecule has 0 bridgehead atoms. The van der Waals surface area contributed by atoms with E-state index in [1.54, 1.807) is 55.8 Å². The van der Waals surface area contributed by atoms with E-state index in [9.17, 15) is 14.0 Å². The van der Waals surface area contributed by atoms with E-state index in [2.05, 4.69) is 15.1 Å². The van der Waals surface area contributed by atoms with Gasteiger partial charge in [0.05, 0.1) is 0 Å². The van der Waals surface area contributed by atoms with Crippen LogP contribution in [-0.4, -0.2) is 42.5 Å². The first-order chi connectivity index (χ1) is 14.8. The lowest BCUT2D eigenvalue weighted by Gasteiger charge is -2.11. The number of fused-ring (bicyclic) bond motifs is 1. The van der Waals surface area contributed by atoms with Gasteiger partial charge in [-0.1, -0.05) is 6.07 Å². The zero-order valence-electron chi connectivity index (χ0n) is 17.5. The van der Waals surface area contributed by atoms with Gasteiger partial charge >= 0.3 is 5.97 Å². The highest BCUT2D eigenvalue weighted by Gasteiger charge is 2.21. The molecular weight excluding hydrogens is 401 g/mol. The third-order valence-electron chi connectivity index (χ3n) is 5.09. The van der Waals surface area contributed by atoms with Gasteiger partial charge in [-0.2, -0.15) is 4.98 Å². The summed E-state index contributed by atoms with van der Waals surface area (Å²) in [6, 6.07) is 8.33. The zero-order chi connectivity index (χ0) is 22.3. The number of carbonyl (C=O) groups is 2. The molecule has 0 spiro atoms. The fourth-order valence-corrected chi connectivity index (χ4v) is 3.43. The molecule has 0 unspecified atom stereocenters. The smallest absolute Gasteiger partial charge is 0.378 e. The number of ether oxygens (including phenoxy) is 1. The molecule has 31 heavy (non-hydrogen) atoms. The van der Waals surface area contributed by atoms with Crippen LogP contribution in [0.25, 0.3) is 11.5 Å². The molecule has 9 heteroatoms. The third kappa shape index (κ3) is 3.70. The number of Topliss-reactive ketones (excluding diaryl/α,β-unsaturated/α-hetero) is 1. The van der Waals surface area contributed by atoms with Crippen LogP contribution in [0, 0.1) is 33.5 Å². The minimum atomic E-state index is -0.812. The van der Waals surface area contributed by atoms with Crippen LogP contribution in [0.5, 0.6) is 0 Å². The molecule has 0 amide bonds. The summed E-state index contributed by atoms with van der Waals surface area (Å²) in [5.41, 5.74) is 3.71. The number of aromatic nitrogens is 5. The van der Waals surface area contributed by atoms with Crippen LogP contribution in [0.15, 0.2) is 36.5 Å². The predicted molar refractivity (Wildman–Crippen MR) is 110 cm³/mol. The van der Waals surface area contributed by atoms with Gasteiger partial charge in [0, 0.05) is 34.5 Å². The molecule has 0 saturated heterocycles. The maximum absolute atomic E-state index is 14.0. The molecule has 0 aliphatic carbocycles. The summed E-state index contributed by atoms with van der Waals surface area (Å²) >= 11 is 0. The third-order valence-corrected chi connectivity index (χ3v) is 5.09. The van der Waals surface area contributed by atoms with Gasteiger partial charge < -0.3 is 9.30 Å². The Balaban J connectivity index is 1.52. The molecule has 0 aliphatic heterocycles. The summed E-state index contributed by atoms with van der Waals surface area (Å²) in [7, 11) is 0. The number of nitrogens with zero attached hydrogens (tertiary/aromatic N) is 5. The van der Waals surface area contributed by atoms with Gasteiger partial charge in [0.25, 0.3) is 11.6 Å². The Labute approximate surface area is 177 Å². The molecule has 1 aromatic carbocycles. The number of hydrogen-bond donors (Lipinski definition) is 0. The highest BCUT2D eigenvalue weighted by Crippen LogP contribution is 2.23. The van der Waals surface area contributed by atoms with Crippen molar-refractivity contribution in [2.75, 3.05) is 6.61 Å². The van der Waals surface area contributed by atoms with Crippen molar-refractivity contribution >= 4 is 17.5 Å². The number of rotatable bonds is 5. The molecule has 8 nitrogen and oxygen atoms in total. The molecule has 4 rings (SSSR count). The maximum atomic E-state index is 14.0. The predicted octanol–water partition coefficient (Wildman–Crippen LogP) is 3.33. The van der Waals surface area contributed by atoms with Crippen molar-refractivity contribution in [3.05, 3.63) is 76.4 Å². The molecular formula is C22H20FN5O3. The standard InChI is InChI=1S/C22H20FN5O3/c1-12-5-6-16(10-18(12)23)27-14(3)9-17(15(27)4)19(29)11-31-21(30)20-25-22-24-8-7-13(2)28(22)26-20/h5-10H,11H2,1-4H3. The Bertz CT molecular complexity index is 1340. The second-order valence-electron chi connectivity index (χ2n) is 7.29. The molecule has 0 fully saturated rings. The first-order valence-corrected chi connectivity index (χ1v) is 9.60. The van der Waals surface area contributed by atoms with E-state index in [0.717, 1.165) is 11.4 Å². The van der Waals surface area contributed by atoms with Crippen LogP contribution in [0.3, 0.4) is 0 Å². The Morgan fingerprint density at radius 3 is 2.55 bits per heavy atom. The van der Waals surface area contributed by atoms with Crippen LogP contribution >= 0.6 is 0 Å². The topological polar surface area (TPSA) is 91.4 Å². The number of halogens is 1. The van der Waals surface area contributed by atoms with Crippen LogP contribution in [0.4, 0.5) is 4.39 Å². The molecule has 0 atom stereocenters. The molecule has 158 valence electrons. The van der Waals surface area contributed by atoms with Crippen LogP contribution in [-0.2, 0) is 4.74 Å². The van der Waals surface area contributed by atoms with Gasteiger partial charge in [-0.25, -0.2) is 18.7 Å².